The second-order valence-corrected chi connectivity index (χ2v) is 9.64. The number of Topliss-reactive ketones (excluding diaryl/α,β-unsaturated/α-hetero) is 4. The Morgan fingerprint density at radius 3 is 2.27 bits per heavy atom. The Morgan fingerprint density at radius 1 is 1.09 bits per heavy atom. The first-order valence-electron chi connectivity index (χ1n) is 10.7. The zero-order chi connectivity index (χ0) is 24.6. The fourth-order valence-corrected chi connectivity index (χ4v) is 6.01. The number of benzene rings is 1. The zero-order valence-corrected chi connectivity index (χ0v) is 18.9. The number of ketones is 4. The molecule has 10 nitrogen and oxygen atoms in total. The third-order valence-electron chi connectivity index (χ3n) is 7.40. The Balaban J connectivity index is 1.89. The average molecular weight is 457 g/mol. The van der Waals surface area contributed by atoms with Crippen LogP contribution in [0, 0.1) is 23.7 Å². The first-order valence-corrected chi connectivity index (χ1v) is 10.7. The van der Waals surface area contributed by atoms with E-state index in [1.165, 1.54) is 11.0 Å². The second kappa shape index (κ2) is 7.46. The summed E-state index contributed by atoms with van der Waals surface area (Å²) in [5.74, 6) is -10.3. The number of carbonyl (C=O) groups excluding carboxylic acids is 5. The van der Waals surface area contributed by atoms with E-state index in [0.717, 1.165) is 0 Å². The topological polar surface area (TPSA) is 158 Å². The van der Waals surface area contributed by atoms with Crippen LogP contribution in [0.15, 0.2) is 12.1 Å². The summed E-state index contributed by atoms with van der Waals surface area (Å²) in [7, 11) is 6.69. The number of nitrogens with zero attached hydrogens (tertiary/aromatic N) is 2. The SMILES string of the molecule is CN(C)c1ccc(O)c2c1CC1C[C@H]3[C@H](N(C)C)C(=O)C(C(N)=O)C(=O)[C@@]3(O)C(=O)C1C2=O. The molecule has 0 saturated heterocycles. The fraction of sp³-hybridized carbons (Fsp3) is 0.522. The molecular weight excluding hydrogens is 430 g/mol. The van der Waals surface area contributed by atoms with Crippen LogP contribution in [0.25, 0.3) is 0 Å². The van der Waals surface area contributed by atoms with E-state index in [2.05, 4.69) is 0 Å². The minimum Gasteiger partial charge on any atom is -0.507 e. The van der Waals surface area contributed by atoms with Gasteiger partial charge < -0.3 is 20.8 Å². The van der Waals surface area contributed by atoms with Gasteiger partial charge in [0.05, 0.1) is 17.5 Å². The quantitative estimate of drug-likeness (QED) is 0.481. The van der Waals surface area contributed by atoms with Crippen molar-refractivity contribution in [1.29, 1.82) is 0 Å². The van der Waals surface area contributed by atoms with E-state index in [-0.39, 0.29) is 24.2 Å². The number of fused-ring (bicyclic) bond motifs is 3. The lowest BCUT2D eigenvalue weighted by molar-refractivity contribution is -0.181. The van der Waals surface area contributed by atoms with E-state index in [1.54, 1.807) is 39.2 Å². The number of phenols is 1. The predicted molar refractivity (Wildman–Crippen MR) is 116 cm³/mol. The monoisotopic (exact) mass is 457 g/mol. The molecule has 1 aromatic carbocycles. The van der Waals surface area contributed by atoms with Crippen molar-refractivity contribution in [3.63, 3.8) is 0 Å². The summed E-state index contributed by atoms with van der Waals surface area (Å²) in [5, 5.41) is 21.9. The molecule has 0 heterocycles. The van der Waals surface area contributed by atoms with Crippen molar-refractivity contribution in [2.24, 2.45) is 29.4 Å². The maximum absolute atomic E-state index is 13.7. The number of aliphatic hydroxyl groups is 1. The molecule has 1 amide bonds. The normalized spacial score (nSPS) is 33.5. The zero-order valence-electron chi connectivity index (χ0n) is 18.9. The Kier molecular flexibility index (Phi) is 5.21. The molecule has 0 aromatic heterocycles. The minimum atomic E-state index is -2.70. The molecule has 3 unspecified atom stereocenters. The number of likely N-dealkylation sites (N-methyl/N-ethyl adjacent to an activating group) is 1. The average Bonchev–Trinajstić information content (AvgIpc) is 2.70. The van der Waals surface area contributed by atoms with E-state index >= 15 is 0 Å². The van der Waals surface area contributed by atoms with Crippen molar-refractivity contribution in [1.82, 2.24) is 4.90 Å². The third-order valence-corrected chi connectivity index (χ3v) is 7.40. The maximum Gasteiger partial charge on any atom is 0.235 e. The van der Waals surface area contributed by atoms with Crippen LogP contribution in [-0.4, -0.2) is 84.0 Å². The van der Waals surface area contributed by atoms with E-state index in [9.17, 15) is 34.2 Å². The van der Waals surface area contributed by atoms with Crippen LogP contribution in [0.1, 0.15) is 22.3 Å². The van der Waals surface area contributed by atoms with Crippen LogP contribution in [0.3, 0.4) is 0 Å². The fourth-order valence-electron chi connectivity index (χ4n) is 6.01. The predicted octanol–water partition coefficient (Wildman–Crippen LogP) is -1.07. The molecular formula is C23H27N3O7. The van der Waals surface area contributed by atoms with Crippen LogP contribution >= 0.6 is 0 Å². The van der Waals surface area contributed by atoms with Crippen molar-refractivity contribution in [2.45, 2.75) is 24.5 Å². The lowest BCUT2D eigenvalue weighted by Crippen LogP contribution is -2.74. The van der Waals surface area contributed by atoms with Gasteiger partial charge >= 0.3 is 0 Å². The molecule has 10 heteroatoms. The van der Waals surface area contributed by atoms with Crippen molar-refractivity contribution in [3.05, 3.63) is 23.3 Å². The summed E-state index contributed by atoms with van der Waals surface area (Å²) in [6.07, 6.45) is 0.278. The summed E-state index contributed by atoms with van der Waals surface area (Å²) < 4.78 is 0. The Labute approximate surface area is 190 Å². The highest BCUT2D eigenvalue weighted by Crippen LogP contribution is 2.51. The van der Waals surface area contributed by atoms with Crippen molar-refractivity contribution in [2.75, 3.05) is 33.1 Å². The third kappa shape index (κ3) is 2.97. The van der Waals surface area contributed by atoms with Gasteiger partial charge in [0.1, 0.15) is 5.75 Å². The number of anilines is 1. The summed E-state index contributed by atoms with van der Waals surface area (Å²) in [5.41, 5.74) is 3.87. The van der Waals surface area contributed by atoms with Gasteiger partial charge in [-0.05, 0) is 50.6 Å². The molecule has 4 rings (SSSR count). The highest BCUT2D eigenvalue weighted by molar-refractivity contribution is 6.32. The number of phenolic OH excluding ortho intramolecular Hbond substituents is 1. The lowest BCUT2D eigenvalue weighted by Gasteiger charge is -2.52. The molecule has 0 aliphatic heterocycles. The van der Waals surface area contributed by atoms with Gasteiger partial charge in [0.25, 0.3) is 0 Å². The molecule has 0 spiro atoms. The smallest absolute Gasteiger partial charge is 0.235 e. The Hall–Kier alpha value is -3.11. The van der Waals surface area contributed by atoms with Gasteiger partial charge in [0, 0.05) is 25.7 Å². The van der Waals surface area contributed by atoms with Crippen LogP contribution in [0.4, 0.5) is 5.69 Å². The second-order valence-electron chi connectivity index (χ2n) is 9.64. The number of amides is 1. The van der Waals surface area contributed by atoms with Crippen molar-refractivity contribution in [3.8, 4) is 5.75 Å². The number of rotatable bonds is 3. The standard InChI is InChI=1S/C23H27N3O7/c1-25(2)12-5-6-13(27)15-10(12)7-9-8-11-17(26(3)4)19(29)16(22(24)32)21(31)23(11,33)20(30)14(9)18(15)28/h5-6,9,11,14,16-17,27,33H,7-8H2,1-4H3,(H2,24,32)/t9?,11-,14?,16?,17-,23-/m0/s1. The van der Waals surface area contributed by atoms with E-state index < -0.39 is 64.4 Å². The van der Waals surface area contributed by atoms with Gasteiger partial charge in [-0.25, -0.2) is 0 Å². The van der Waals surface area contributed by atoms with Gasteiger partial charge in [0.15, 0.2) is 34.7 Å². The highest BCUT2D eigenvalue weighted by Gasteiger charge is 2.69. The maximum atomic E-state index is 13.7. The summed E-state index contributed by atoms with van der Waals surface area (Å²) in [6, 6.07) is 1.94. The summed E-state index contributed by atoms with van der Waals surface area (Å²) >= 11 is 0. The number of carbonyl (C=O) groups is 5. The molecule has 0 radical (unpaired) electrons. The van der Waals surface area contributed by atoms with E-state index in [0.29, 0.717) is 11.3 Å². The molecule has 2 saturated carbocycles. The molecule has 3 aliphatic rings. The number of aromatic hydroxyl groups is 1. The Bertz CT molecular complexity index is 1110. The number of nitrogens with two attached hydrogens (primary N) is 1. The lowest BCUT2D eigenvalue weighted by atomic mass is 9.52. The van der Waals surface area contributed by atoms with Gasteiger partial charge in [-0.15, -0.1) is 0 Å². The molecule has 176 valence electrons. The van der Waals surface area contributed by atoms with Gasteiger partial charge in [-0.3, -0.25) is 28.9 Å². The van der Waals surface area contributed by atoms with Gasteiger partial charge in [-0.2, -0.15) is 0 Å². The van der Waals surface area contributed by atoms with Crippen molar-refractivity contribution < 1.29 is 34.2 Å². The minimum absolute atomic E-state index is 0.00667. The van der Waals surface area contributed by atoms with Gasteiger partial charge in [0.2, 0.25) is 5.91 Å². The summed E-state index contributed by atoms with van der Waals surface area (Å²) in [4.78, 5) is 68.6. The number of primary amides is 1. The summed E-state index contributed by atoms with van der Waals surface area (Å²) in [6.45, 7) is 0. The molecule has 33 heavy (non-hydrogen) atoms. The largest absolute Gasteiger partial charge is 0.507 e. The molecule has 4 N–H and O–H groups in total. The van der Waals surface area contributed by atoms with Crippen LogP contribution in [-0.2, 0) is 25.6 Å². The first kappa shape index (κ1) is 23.1. The van der Waals surface area contributed by atoms with Crippen LogP contribution in [0.2, 0.25) is 0 Å². The molecule has 0 bridgehead atoms. The number of hydrogen-bond donors (Lipinski definition) is 3. The highest BCUT2D eigenvalue weighted by atomic mass is 16.3. The van der Waals surface area contributed by atoms with Crippen molar-refractivity contribution >= 4 is 34.7 Å². The first-order chi connectivity index (χ1) is 15.3. The molecule has 6 atom stereocenters. The van der Waals surface area contributed by atoms with Crippen LogP contribution < -0.4 is 10.6 Å². The van der Waals surface area contributed by atoms with E-state index in [1.807, 2.05) is 0 Å². The van der Waals surface area contributed by atoms with E-state index in [4.69, 9.17) is 5.73 Å². The number of hydrogen-bond acceptors (Lipinski definition) is 9. The van der Waals surface area contributed by atoms with Gasteiger partial charge in [-0.1, -0.05) is 0 Å². The molecule has 3 aliphatic carbocycles. The van der Waals surface area contributed by atoms with Crippen LogP contribution in [0.5, 0.6) is 5.75 Å². The molecule has 1 aromatic rings. The Morgan fingerprint density at radius 2 is 1.73 bits per heavy atom. The molecule has 2 fully saturated rings.